The fourth-order valence-corrected chi connectivity index (χ4v) is 4.34. The topological polar surface area (TPSA) is 66.5 Å². The molecule has 1 atom stereocenters. The third-order valence-corrected chi connectivity index (χ3v) is 6.89. The van der Waals surface area contributed by atoms with Gasteiger partial charge in [-0.15, -0.1) is 0 Å². The van der Waals surface area contributed by atoms with E-state index in [0.29, 0.717) is 5.69 Å². The number of hydrogen-bond acceptors (Lipinski definition) is 3. The SMILES string of the molecule is Cc1ccc(S(=O)(=O)N(C)c2ccc(CC(=O)N[C@H](C)c3ccc(F)cc3)cc2)cc1. The van der Waals surface area contributed by atoms with Crippen molar-refractivity contribution in [1.82, 2.24) is 5.32 Å². The van der Waals surface area contributed by atoms with Crippen molar-refractivity contribution in [3.8, 4) is 0 Å². The van der Waals surface area contributed by atoms with E-state index in [-0.39, 0.29) is 29.1 Å². The van der Waals surface area contributed by atoms with Crippen molar-refractivity contribution in [2.24, 2.45) is 0 Å². The van der Waals surface area contributed by atoms with Gasteiger partial charge in [-0.05, 0) is 61.4 Å². The van der Waals surface area contributed by atoms with Gasteiger partial charge in [0.15, 0.2) is 0 Å². The summed E-state index contributed by atoms with van der Waals surface area (Å²) in [6, 6.07) is 19.3. The first kappa shape index (κ1) is 22.5. The molecule has 5 nitrogen and oxygen atoms in total. The van der Waals surface area contributed by atoms with Crippen molar-refractivity contribution in [2.75, 3.05) is 11.4 Å². The van der Waals surface area contributed by atoms with Crippen LogP contribution in [0.2, 0.25) is 0 Å². The fourth-order valence-electron chi connectivity index (χ4n) is 3.14. The molecule has 162 valence electrons. The molecule has 3 rings (SSSR count). The Morgan fingerprint density at radius 3 is 2.13 bits per heavy atom. The molecule has 3 aromatic carbocycles. The normalized spacial score (nSPS) is 12.3. The fraction of sp³-hybridized carbons (Fsp3) is 0.208. The van der Waals surface area contributed by atoms with Crippen molar-refractivity contribution in [1.29, 1.82) is 0 Å². The summed E-state index contributed by atoms with van der Waals surface area (Å²) in [6.07, 6.45) is 0.153. The molecule has 0 aromatic heterocycles. The molecule has 0 bridgehead atoms. The first-order valence-corrected chi connectivity index (χ1v) is 11.3. The lowest BCUT2D eigenvalue weighted by Crippen LogP contribution is -2.28. The van der Waals surface area contributed by atoms with Crippen molar-refractivity contribution in [3.63, 3.8) is 0 Å². The maximum atomic E-state index is 13.0. The Bertz CT molecular complexity index is 1140. The third-order valence-electron chi connectivity index (χ3n) is 5.09. The molecule has 31 heavy (non-hydrogen) atoms. The number of halogens is 1. The molecule has 0 radical (unpaired) electrons. The molecule has 0 aliphatic heterocycles. The Morgan fingerprint density at radius 1 is 0.968 bits per heavy atom. The summed E-state index contributed by atoms with van der Waals surface area (Å²) < 4.78 is 39.9. The number of anilines is 1. The van der Waals surface area contributed by atoms with Crippen molar-refractivity contribution >= 4 is 21.6 Å². The van der Waals surface area contributed by atoms with Crippen LogP contribution >= 0.6 is 0 Å². The number of sulfonamides is 1. The van der Waals surface area contributed by atoms with Crippen LogP contribution in [0.3, 0.4) is 0 Å². The third kappa shape index (κ3) is 5.49. The predicted molar refractivity (Wildman–Crippen MR) is 120 cm³/mol. The van der Waals surface area contributed by atoms with E-state index in [0.717, 1.165) is 16.7 Å². The van der Waals surface area contributed by atoms with Crippen molar-refractivity contribution in [3.05, 3.63) is 95.3 Å². The molecule has 0 heterocycles. The van der Waals surface area contributed by atoms with Crippen LogP contribution in [0.1, 0.15) is 29.7 Å². The van der Waals surface area contributed by atoms with E-state index >= 15 is 0 Å². The lowest BCUT2D eigenvalue weighted by atomic mass is 10.1. The zero-order valence-corrected chi connectivity index (χ0v) is 18.5. The molecular weight excluding hydrogens is 415 g/mol. The minimum absolute atomic E-state index is 0.153. The molecule has 0 fully saturated rings. The van der Waals surface area contributed by atoms with Crippen LogP contribution in [-0.4, -0.2) is 21.4 Å². The summed E-state index contributed by atoms with van der Waals surface area (Å²) >= 11 is 0. The Hall–Kier alpha value is -3.19. The van der Waals surface area contributed by atoms with Gasteiger partial charge in [0.25, 0.3) is 10.0 Å². The zero-order chi connectivity index (χ0) is 22.6. The molecule has 0 aliphatic rings. The summed E-state index contributed by atoms with van der Waals surface area (Å²) in [4.78, 5) is 12.6. The molecule has 0 spiro atoms. The van der Waals surface area contributed by atoms with Crippen LogP contribution in [0.25, 0.3) is 0 Å². The number of amides is 1. The van der Waals surface area contributed by atoms with Gasteiger partial charge >= 0.3 is 0 Å². The first-order chi connectivity index (χ1) is 14.7. The van der Waals surface area contributed by atoms with Crippen molar-refractivity contribution < 1.29 is 17.6 Å². The average Bonchev–Trinajstić information content (AvgIpc) is 2.74. The largest absolute Gasteiger partial charge is 0.349 e. The minimum atomic E-state index is -3.67. The molecule has 0 saturated heterocycles. The number of benzene rings is 3. The van der Waals surface area contributed by atoms with Gasteiger partial charge in [0.2, 0.25) is 5.91 Å². The summed E-state index contributed by atoms with van der Waals surface area (Å²) in [6.45, 7) is 3.73. The highest BCUT2D eigenvalue weighted by molar-refractivity contribution is 7.92. The van der Waals surface area contributed by atoms with Crippen LogP contribution in [0.15, 0.2) is 77.7 Å². The van der Waals surface area contributed by atoms with E-state index in [9.17, 15) is 17.6 Å². The number of carbonyl (C=O) groups is 1. The highest BCUT2D eigenvalue weighted by atomic mass is 32.2. The van der Waals surface area contributed by atoms with Gasteiger partial charge < -0.3 is 5.32 Å². The molecule has 1 N–H and O–H groups in total. The number of rotatable bonds is 7. The Labute approximate surface area is 182 Å². The van der Waals surface area contributed by atoms with Gasteiger partial charge in [-0.25, -0.2) is 12.8 Å². The maximum absolute atomic E-state index is 13.0. The number of hydrogen-bond donors (Lipinski definition) is 1. The second-order valence-corrected chi connectivity index (χ2v) is 9.44. The Balaban J connectivity index is 1.64. The minimum Gasteiger partial charge on any atom is -0.349 e. The summed E-state index contributed by atoms with van der Waals surface area (Å²) in [7, 11) is -2.17. The van der Waals surface area contributed by atoms with Gasteiger partial charge in [-0.3, -0.25) is 9.10 Å². The van der Waals surface area contributed by atoms with Gasteiger partial charge in [-0.1, -0.05) is 42.0 Å². The van der Waals surface area contributed by atoms with Gasteiger partial charge in [0.05, 0.1) is 23.0 Å². The maximum Gasteiger partial charge on any atom is 0.264 e. The lowest BCUT2D eigenvalue weighted by molar-refractivity contribution is -0.121. The monoisotopic (exact) mass is 440 g/mol. The van der Waals surface area contributed by atoms with Gasteiger partial charge in [-0.2, -0.15) is 0 Å². The van der Waals surface area contributed by atoms with E-state index in [1.807, 2.05) is 13.8 Å². The quantitative estimate of drug-likeness (QED) is 0.593. The van der Waals surface area contributed by atoms with Crippen LogP contribution in [0.5, 0.6) is 0 Å². The predicted octanol–water partition coefficient (Wildman–Crippen LogP) is 4.38. The second-order valence-electron chi connectivity index (χ2n) is 7.47. The van der Waals surface area contributed by atoms with Crippen molar-refractivity contribution in [2.45, 2.75) is 31.2 Å². The van der Waals surface area contributed by atoms with Crippen LogP contribution < -0.4 is 9.62 Å². The van der Waals surface area contributed by atoms with Gasteiger partial charge in [0.1, 0.15) is 5.82 Å². The van der Waals surface area contributed by atoms with Gasteiger partial charge in [0, 0.05) is 7.05 Å². The summed E-state index contributed by atoms with van der Waals surface area (Å²) in [5, 5.41) is 2.88. The van der Waals surface area contributed by atoms with E-state index < -0.39 is 10.0 Å². The molecule has 0 unspecified atom stereocenters. The first-order valence-electron chi connectivity index (χ1n) is 9.86. The number of nitrogens with zero attached hydrogens (tertiary/aromatic N) is 1. The zero-order valence-electron chi connectivity index (χ0n) is 17.7. The van der Waals surface area contributed by atoms with E-state index in [2.05, 4.69) is 5.32 Å². The van der Waals surface area contributed by atoms with E-state index in [4.69, 9.17) is 0 Å². The van der Waals surface area contributed by atoms with E-state index in [1.165, 1.54) is 23.5 Å². The molecule has 1 amide bonds. The highest BCUT2D eigenvalue weighted by Gasteiger charge is 2.21. The summed E-state index contributed by atoms with van der Waals surface area (Å²) in [5.41, 5.74) is 3.06. The molecule has 7 heteroatoms. The van der Waals surface area contributed by atoms with Crippen LogP contribution in [-0.2, 0) is 21.2 Å². The average molecular weight is 441 g/mol. The lowest BCUT2D eigenvalue weighted by Gasteiger charge is -2.20. The Kier molecular flexibility index (Phi) is 6.75. The van der Waals surface area contributed by atoms with Crippen LogP contribution in [0, 0.1) is 12.7 Å². The smallest absolute Gasteiger partial charge is 0.264 e. The Morgan fingerprint density at radius 2 is 1.55 bits per heavy atom. The molecule has 0 saturated carbocycles. The standard InChI is InChI=1S/C24H25FN2O3S/c1-17-4-14-23(15-5-17)31(29,30)27(3)22-12-6-19(7-13-22)16-24(28)26-18(2)20-8-10-21(25)11-9-20/h4-15,18H,16H2,1-3H3,(H,26,28)/t18-/m1/s1. The molecule has 0 aliphatic carbocycles. The highest BCUT2D eigenvalue weighted by Crippen LogP contribution is 2.23. The number of carbonyl (C=O) groups excluding carboxylic acids is 1. The molecule has 3 aromatic rings. The number of nitrogens with one attached hydrogen (secondary N) is 1. The number of aryl methyl sites for hydroxylation is 1. The molecular formula is C24H25FN2O3S. The summed E-state index contributed by atoms with van der Waals surface area (Å²) in [5.74, 6) is -0.498. The second kappa shape index (κ2) is 9.31. The van der Waals surface area contributed by atoms with Crippen LogP contribution in [0.4, 0.5) is 10.1 Å². The van der Waals surface area contributed by atoms with E-state index in [1.54, 1.807) is 60.7 Å².